The van der Waals surface area contributed by atoms with Crippen molar-refractivity contribution >= 4 is 17.6 Å². The first-order valence-corrected chi connectivity index (χ1v) is 5.84. The summed E-state index contributed by atoms with van der Waals surface area (Å²) < 4.78 is 0. The molecule has 0 aromatic heterocycles. The Labute approximate surface area is 106 Å². The third kappa shape index (κ3) is 3.30. The van der Waals surface area contributed by atoms with Crippen LogP contribution in [0.1, 0.15) is 29.3 Å². The maximum atomic E-state index is 11.8. The minimum absolute atomic E-state index is 0.180. The van der Waals surface area contributed by atoms with E-state index in [1.807, 2.05) is 6.92 Å². The number of carboxylic acids is 1. The molecule has 0 aliphatic heterocycles. The van der Waals surface area contributed by atoms with Crippen LogP contribution in [0.5, 0.6) is 0 Å². The number of carbonyl (C=O) groups is 2. The van der Waals surface area contributed by atoms with Crippen molar-refractivity contribution in [3.05, 3.63) is 29.3 Å². The van der Waals surface area contributed by atoms with Crippen molar-refractivity contribution in [2.45, 2.75) is 20.3 Å². The molecule has 1 aromatic rings. The Bertz CT molecular complexity index is 454. The van der Waals surface area contributed by atoms with Gasteiger partial charge in [0.25, 0.3) is 0 Å². The molecule has 1 amide bonds. The summed E-state index contributed by atoms with van der Waals surface area (Å²) in [4.78, 5) is 22.8. The zero-order valence-corrected chi connectivity index (χ0v) is 10.6. The van der Waals surface area contributed by atoms with Crippen LogP contribution in [0, 0.1) is 12.8 Å². The Morgan fingerprint density at radius 1 is 1.44 bits per heavy atom. The van der Waals surface area contributed by atoms with Gasteiger partial charge in [-0.1, -0.05) is 13.0 Å². The number of rotatable bonds is 5. The molecule has 1 rings (SSSR count). The van der Waals surface area contributed by atoms with Gasteiger partial charge in [0, 0.05) is 12.2 Å². The second kappa shape index (κ2) is 6.16. The number of carboxylic acid groups (broad SMARTS) is 1. The number of aromatic carboxylic acids is 1. The minimum Gasteiger partial charge on any atom is -0.478 e. The molecule has 18 heavy (non-hydrogen) atoms. The Morgan fingerprint density at radius 3 is 2.61 bits per heavy atom. The van der Waals surface area contributed by atoms with Gasteiger partial charge in [-0.3, -0.25) is 4.79 Å². The van der Waals surface area contributed by atoms with Gasteiger partial charge in [0.05, 0.1) is 11.5 Å². The van der Waals surface area contributed by atoms with E-state index in [9.17, 15) is 9.59 Å². The van der Waals surface area contributed by atoms with E-state index in [1.165, 1.54) is 6.07 Å². The van der Waals surface area contributed by atoms with Crippen LogP contribution in [-0.4, -0.2) is 23.5 Å². The van der Waals surface area contributed by atoms with Crippen molar-refractivity contribution in [2.24, 2.45) is 11.7 Å². The fourth-order valence-corrected chi connectivity index (χ4v) is 1.63. The highest BCUT2D eigenvalue weighted by Gasteiger charge is 2.15. The number of hydrogen-bond acceptors (Lipinski definition) is 3. The zero-order chi connectivity index (χ0) is 13.7. The molecule has 0 saturated heterocycles. The zero-order valence-electron chi connectivity index (χ0n) is 10.6. The summed E-state index contributed by atoms with van der Waals surface area (Å²) >= 11 is 0. The number of anilines is 1. The number of aryl methyl sites for hydroxylation is 1. The average Bonchev–Trinajstić information content (AvgIpc) is 2.32. The van der Waals surface area contributed by atoms with Crippen LogP contribution < -0.4 is 11.1 Å². The van der Waals surface area contributed by atoms with E-state index in [0.29, 0.717) is 17.7 Å². The summed E-state index contributed by atoms with van der Waals surface area (Å²) in [5.41, 5.74) is 6.81. The number of hydrogen-bond donors (Lipinski definition) is 3. The van der Waals surface area contributed by atoms with Gasteiger partial charge in [-0.2, -0.15) is 0 Å². The Kier molecular flexibility index (Phi) is 4.85. The van der Waals surface area contributed by atoms with Crippen molar-refractivity contribution in [2.75, 3.05) is 11.9 Å². The van der Waals surface area contributed by atoms with E-state index >= 15 is 0 Å². The van der Waals surface area contributed by atoms with Crippen molar-refractivity contribution in [3.8, 4) is 0 Å². The second-order valence-corrected chi connectivity index (χ2v) is 4.16. The molecule has 0 aliphatic rings. The van der Waals surface area contributed by atoms with E-state index in [4.69, 9.17) is 10.8 Å². The summed E-state index contributed by atoms with van der Waals surface area (Å²) in [6.07, 6.45) is 0.653. The van der Waals surface area contributed by atoms with E-state index in [-0.39, 0.29) is 23.9 Å². The molecule has 0 aliphatic carbocycles. The normalized spacial score (nSPS) is 11.9. The van der Waals surface area contributed by atoms with Crippen molar-refractivity contribution in [1.29, 1.82) is 0 Å². The average molecular weight is 250 g/mol. The number of carbonyl (C=O) groups excluding carboxylic acids is 1. The van der Waals surface area contributed by atoms with Gasteiger partial charge in [-0.15, -0.1) is 0 Å². The predicted molar refractivity (Wildman–Crippen MR) is 69.6 cm³/mol. The second-order valence-electron chi connectivity index (χ2n) is 4.16. The molecule has 1 atom stereocenters. The summed E-state index contributed by atoms with van der Waals surface area (Å²) in [5.74, 6) is -1.44. The van der Waals surface area contributed by atoms with Gasteiger partial charge in [0.15, 0.2) is 0 Å². The molecule has 1 unspecified atom stereocenters. The fourth-order valence-electron chi connectivity index (χ4n) is 1.63. The Hall–Kier alpha value is -1.88. The number of nitrogens with two attached hydrogens (primary N) is 1. The molecule has 0 saturated carbocycles. The lowest BCUT2D eigenvalue weighted by Gasteiger charge is -2.13. The molecule has 1 aromatic carbocycles. The molecule has 0 bridgehead atoms. The Morgan fingerprint density at radius 2 is 2.11 bits per heavy atom. The van der Waals surface area contributed by atoms with Gasteiger partial charge >= 0.3 is 5.97 Å². The third-order valence-corrected chi connectivity index (χ3v) is 2.88. The first-order valence-electron chi connectivity index (χ1n) is 5.84. The first-order chi connectivity index (χ1) is 8.49. The quantitative estimate of drug-likeness (QED) is 0.740. The van der Waals surface area contributed by atoms with E-state index in [1.54, 1.807) is 19.1 Å². The molecular formula is C13H18N2O3. The lowest BCUT2D eigenvalue weighted by Crippen LogP contribution is -2.28. The van der Waals surface area contributed by atoms with Crippen LogP contribution in [0.3, 0.4) is 0 Å². The van der Waals surface area contributed by atoms with Gasteiger partial charge in [-0.25, -0.2) is 4.79 Å². The Balaban J connectivity index is 2.89. The summed E-state index contributed by atoms with van der Waals surface area (Å²) in [6.45, 7) is 3.87. The topological polar surface area (TPSA) is 92.4 Å². The van der Waals surface area contributed by atoms with E-state index in [0.717, 1.165) is 0 Å². The molecule has 4 N–H and O–H groups in total. The minimum atomic E-state index is -1.01. The van der Waals surface area contributed by atoms with Crippen LogP contribution >= 0.6 is 0 Å². The van der Waals surface area contributed by atoms with Gasteiger partial charge in [0.2, 0.25) is 5.91 Å². The highest BCUT2D eigenvalue weighted by Crippen LogP contribution is 2.16. The molecule has 0 heterocycles. The predicted octanol–water partition coefficient (Wildman–Crippen LogP) is 1.62. The maximum absolute atomic E-state index is 11.8. The highest BCUT2D eigenvalue weighted by atomic mass is 16.4. The molecule has 98 valence electrons. The van der Waals surface area contributed by atoms with Crippen molar-refractivity contribution in [3.63, 3.8) is 0 Å². The van der Waals surface area contributed by atoms with Crippen molar-refractivity contribution < 1.29 is 14.7 Å². The third-order valence-electron chi connectivity index (χ3n) is 2.88. The first kappa shape index (κ1) is 14.2. The molecule has 0 radical (unpaired) electrons. The number of benzene rings is 1. The number of nitrogens with one attached hydrogen (secondary N) is 1. The smallest absolute Gasteiger partial charge is 0.336 e. The molecule has 5 heteroatoms. The van der Waals surface area contributed by atoms with E-state index < -0.39 is 5.97 Å². The van der Waals surface area contributed by atoms with Crippen LogP contribution in [0.2, 0.25) is 0 Å². The highest BCUT2D eigenvalue weighted by molar-refractivity contribution is 5.95. The SMILES string of the molecule is CCC(CN)C(=O)Nc1ccc(C)c(C(=O)O)c1. The monoisotopic (exact) mass is 250 g/mol. The summed E-state index contributed by atoms with van der Waals surface area (Å²) in [6, 6.07) is 4.81. The van der Waals surface area contributed by atoms with Gasteiger partial charge in [-0.05, 0) is 31.0 Å². The molecule has 0 fully saturated rings. The van der Waals surface area contributed by atoms with Crippen LogP contribution in [0.15, 0.2) is 18.2 Å². The van der Waals surface area contributed by atoms with Crippen LogP contribution in [0.4, 0.5) is 5.69 Å². The standard InChI is InChI=1S/C13H18N2O3/c1-3-9(7-14)12(16)15-10-5-4-8(2)11(6-10)13(17)18/h4-6,9H,3,7,14H2,1-2H3,(H,15,16)(H,17,18). The van der Waals surface area contributed by atoms with Crippen LogP contribution in [-0.2, 0) is 4.79 Å². The maximum Gasteiger partial charge on any atom is 0.336 e. The van der Waals surface area contributed by atoms with E-state index in [2.05, 4.69) is 5.32 Å². The van der Waals surface area contributed by atoms with Gasteiger partial charge < -0.3 is 16.2 Å². The lowest BCUT2D eigenvalue weighted by atomic mass is 10.0. The molecular weight excluding hydrogens is 232 g/mol. The summed E-state index contributed by atoms with van der Waals surface area (Å²) in [5, 5.41) is 11.7. The van der Waals surface area contributed by atoms with Crippen molar-refractivity contribution in [1.82, 2.24) is 0 Å². The molecule has 0 spiro atoms. The number of amides is 1. The summed E-state index contributed by atoms with van der Waals surface area (Å²) in [7, 11) is 0. The van der Waals surface area contributed by atoms with Crippen LogP contribution in [0.25, 0.3) is 0 Å². The fraction of sp³-hybridized carbons (Fsp3) is 0.385. The molecule has 5 nitrogen and oxygen atoms in total. The lowest BCUT2D eigenvalue weighted by molar-refractivity contribution is -0.119. The van der Waals surface area contributed by atoms with Gasteiger partial charge in [0.1, 0.15) is 0 Å². The largest absolute Gasteiger partial charge is 0.478 e.